The van der Waals surface area contributed by atoms with Gasteiger partial charge in [-0.25, -0.2) is 9.80 Å². The third kappa shape index (κ3) is 6.37. The van der Waals surface area contributed by atoms with Crippen molar-refractivity contribution in [1.29, 1.82) is 5.26 Å². The summed E-state index contributed by atoms with van der Waals surface area (Å²) in [6.07, 6.45) is 0.0743. The molecule has 0 spiro atoms. The lowest BCUT2D eigenvalue weighted by Crippen LogP contribution is -2.60. The van der Waals surface area contributed by atoms with E-state index in [9.17, 15) is 19.6 Å². The van der Waals surface area contributed by atoms with E-state index < -0.39 is 29.1 Å². The lowest BCUT2D eigenvalue weighted by atomic mass is 9.73. The van der Waals surface area contributed by atoms with Gasteiger partial charge >= 0.3 is 6.09 Å². The van der Waals surface area contributed by atoms with Gasteiger partial charge in [0.05, 0.1) is 17.3 Å². The molecule has 1 N–H and O–H groups in total. The highest BCUT2D eigenvalue weighted by Crippen LogP contribution is 2.38. The van der Waals surface area contributed by atoms with Crippen molar-refractivity contribution in [2.75, 3.05) is 26.7 Å². The fourth-order valence-corrected chi connectivity index (χ4v) is 4.90. The van der Waals surface area contributed by atoms with E-state index in [0.717, 1.165) is 11.3 Å². The SMILES string of the molecule is CN1N=C2CCN(C(=O)[C@@H](COc3cccc(C#N)c3)NC(=O)OC(C)(C)C)C[C@@]2(Cc2ccccc2)C1=O. The van der Waals surface area contributed by atoms with Crippen molar-refractivity contribution in [2.24, 2.45) is 10.5 Å². The number of carbonyl (C=O) groups is 3. The third-order valence-corrected chi connectivity index (χ3v) is 6.63. The van der Waals surface area contributed by atoms with Gasteiger partial charge in [-0.05, 0) is 51.0 Å². The maximum atomic E-state index is 13.9. The van der Waals surface area contributed by atoms with Crippen LogP contribution >= 0.6 is 0 Å². The topological polar surface area (TPSA) is 124 Å². The monoisotopic (exact) mass is 531 g/mol. The molecule has 2 aromatic rings. The number of hydrazone groups is 1. The molecule has 4 rings (SSSR count). The molecule has 2 aromatic carbocycles. The zero-order valence-corrected chi connectivity index (χ0v) is 22.6. The summed E-state index contributed by atoms with van der Waals surface area (Å²) in [5.74, 6) is -0.176. The Labute approximate surface area is 228 Å². The Bertz CT molecular complexity index is 1310. The standard InChI is InChI=1S/C29H33N5O5/c1-28(2,3)39-27(37)31-23(18-38-22-12-8-11-21(15-22)17-30)25(35)34-14-13-24-29(19-34,26(36)33(4)32-24)16-20-9-6-5-7-10-20/h5-12,15,23H,13-14,16,18-19H2,1-4H3,(H,31,37)/t23-,29-/m1/s1. The Balaban J connectivity index is 1.57. The number of nitrogens with one attached hydrogen (secondary N) is 1. The van der Waals surface area contributed by atoms with Crippen LogP contribution in [0.15, 0.2) is 59.7 Å². The number of ether oxygens (including phenoxy) is 2. The molecule has 2 atom stereocenters. The molecule has 3 amide bonds. The van der Waals surface area contributed by atoms with Crippen LogP contribution in [-0.4, -0.2) is 71.9 Å². The molecule has 0 bridgehead atoms. The van der Waals surface area contributed by atoms with Crippen molar-refractivity contribution in [1.82, 2.24) is 15.2 Å². The van der Waals surface area contributed by atoms with Crippen LogP contribution in [0.5, 0.6) is 5.75 Å². The molecule has 0 radical (unpaired) electrons. The maximum absolute atomic E-state index is 13.9. The van der Waals surface area contributed by atoms with Crippen LogP contribution < -0.4 is 10.1 Å². The molecular weight excluding hydrogens is 498 g/mol. The molecule has 2 heterocycles. The molecule has 0 aliphatic carbocycles. The summed E-state index contributed by atoms with van der Waals surface area (Å²) >= 11 is 0. The first-order chi connectivity index (χ1) is 18.5. The van der Waals surface area contributed by atoms with Crippen LogP contribution in [-0.2, 0) is 20.7 Å². The van der Waals surface area contributed by atoms with E-state index in [0.29, 0.717) is 30.7 Å². The molecule has 10 heteroatoms. The average Bonchev–Trinajstić information content (AvgIpc) is 3.14. The molecule has 0 aromatic heterocycles. The highest BCUT2D eigenvalue weighted by molar-refractivity contribution is 6.13. The zero-order valence-electron chi connectivity index (χ0n) is 22.6. The minimum absolute atomic E-state index is 0.124. The van der Waals surface area contributed by atoms with E-state index >= 15 is 0 Å². The number of likely N-dealkylation sites (tertiary alicyclic amines) is 1. The molecule has 0 unspecified atom stereocenters. The summed E-state index contributed by atoms with van der Waals surface area (Å²) < 4.78 is 11.2. The summed E-state index contributed by atoms with van der Waals surface area (Å²) in [7, 11) is 1.63. The fourth-order valence-electron chi connectivity index (χ4n) is 4.90. The predicted molar refractivity (Wildman–Crippen MR) is 144 cm³/mol. The predicted octanol–water partition coefficient (Wildman–Crippen LogP) is 3.12. The number of nitriles is 1. The van der Waals surface area contributed by atoms with E-state index in [1.54, 1.807) is 57.0 Å². The molecular formula is C29H33N5O5. The quantitative estimate of drug-likeness (QED) is 0.585. The van der Waals surface area contributed by atoms with Crippen LogP contribution in [0.1, 0.15) is 38.3 Å². The van der Waals surface area contributed by atoms with Gasteiger partial charge in [-0.15, -0.1) is 0 Å². The Morgan fingerprint density at radius 1 is 1.18 bits per heavy atom. The summed E-state index contributed by atoms with van der Waals surface area (Å²) in [5.41, 5.74) is 0.376. The zero-order chi connectivity index (χ0) is 28.2. The summed E-state index contributed by atoms with van der Waals surface area (Å²) in [4.78, 5) is 41.6. The molecule has 10 nitrogen and oxygen atoms in total. The average molecular weight is 532 g/mol. The number of rotatable bonds is 7. The van der Waals surface area contributed by atoms with Crippen LogP contribution in [0.25, 0.3) is 0 Å². The van der Waals surface area contributed by atoms with Gasteiger partial charge in [-0.3, -0.25) is 9.59 Å². The first-order valence-corrected chi connectivity index (χ1v) is 12.8. The summed E-state index contributed by atoms with van der Waals surface area (Å²) in [6, 6.07) is 17.1. The lowest BCUT2D eigenvalue weighted by Gasteiger charge is -2.40. The number of alkyl carbamates (subject to hydrolysis) is 1. The number of carbonyl (C=O) groups excluding carboxylic acids is 3. The highest BCUT2D eigenvalue weighted by Gasteiger charge is 2.54. The number of hydrogen-bond donors (Lipinski definition) is 1. The second-order valence-corrected chi connectivity index (χ2v) is 10.8. The van der Waals surface area contributed by atoms with Gasteiger partial charge in [-0.1, -0.05) is 36.4 Å². The minimum Gasteiger partial charge on any atom is -0.491 e. The van der Waals surface area contributed by atoms with Crippen molar-refractivity contribution in [3.05, 3.63) is 65.7 Å². The van der Waals surface area contributed by atoms with Crippen molar-refractivity contribution < 1.29 is 23.9 Å². The maximum Gasteiger partial charge on any atom is 0.408 e. The molecule has 0 saturated carbocycles. The first kappa shape index (κ1) is 27.6. The second-order valence-electron chi connectivity index (χ2n) is 10.8. The van der Waals surface area contributed by atoms with Crippen LogP contribution in [0, 0.1) is 16.7 Å². The summed E-state index contributed by atoms with van der Waals surface area (Å²) in [5, 5.41) is 17.7. The van der Waals surface area contributed by atoms with Gasteiger partial charge in [0.25, 0.3) is 5.91 Å². The van der Waals surface area contributed by atoms with E-state index in [-0.39, 0.29) is 19.1 Å². The minimum atomic E-state index is -1.09. The Morgan fingerprint density at radius 2 is 1.92 bits per heavy atom. The number of hydrogen-bond acceptors (Lipinski definition) is 7. The number of piperidine rings is 1. The third-order valence-electron chi connectivity index (χ3n) is 6.63. The molecule has 1 fully saturated rings. The molecule has 1 saturated heterocycles. The van der Waals surface area contributed by atoms with Crippen LogP contribution in [0.3, 0.4) is 0 Å². The van der Waals surface area contributed by atoms with Gasteiger partial charge in [0.15, 0.2) is 0 Å². The largest absolute Gasteiger partial charge is 0.491 e. The fraction of sp³-hybridized carbons (Fsp3) is 0.414. The Kier molecular flexibility index (Phi) is 7.90. The highest BCUT2D eigenvalue weighted by atomic mass is 16.6. The van der Waals surface area contributed by atoms with Crippen molar-refractivity contribution in [3.63, 3.8) is 0 Å². The van der Waals surface area contributed by atoms with Crippen molar-refractivity contribution in [2.45, 2.75) is 45.3 Å². The second kappa shape index (κ2) is 11.2. The molecule has 204 valence electrons. The number of fused-ring (bicyclic) bond motifs is 1. The van der Waals surface area contributed by atoms with E-state index in [4.69, 9.17) is 9.47 Å². The van der Waals surface area contributed by atoms with Gasteiger partial charge in [-0.2, -0.15) is 10.4 Å². The van der Waals surface area contributed by atoms with Crippen LogP contribution in [0.4, 0.5) is 4.79 Å². The summed E-state index contributed by atoms with van der Waals surface area (Å²) in [6.45, 7) is 5.46. The van der Waals surface area contributed by atoms with Gasteiger partial charge in [0, 0.05) is 26.6 Å². The lowest BCUT2D eigenvalue weighted by molar-refractivity contribution is -0.141. The molecule has 2 aliphatic heterocycles. The van der Waals surface area contributed by atoms with Gasteiger partial charge < -0.3 is 19.7 Å². The van der Waals surface area contributed by atoms with Crippen molar-refractivity contribution >= 4 is 23.6 Å². The molecule has 2 aliphatic rings. The smallest absolute Gasteiger partial charge is 0.408 e. The van der Waals surface area contributed by atoms with E-state index in [1.165, 1.54) is 5.01 Å². The molecule has 39 heavy (non-hydrogen) atoms. The van der Waals surface area contributed by atoms with Crippen LogP contribution in [0.2, 0.25) is 0 Å². The number of amides is 3. The Hall–Kier alpha value is -4.39. The Morgan fingerprint density at radius 3 is 2.62 bits per heavy atom. The van der Waals surface area contributed by atoms with Gasteiger partial charge in [0.2, 0.25) is 5.91 Å². The number of benzene rings is 2. The van der Waals surface area contributed by atoms with Gasteiger partial charge in [0.1, 0.15) is 29.4 Å². The van der Waals surface area contributed by atoms with E-state index in [1.807, 2.05) is 36.4 Å². The first-order valence-electron chi connectivity index (χ1n) is 12.8. The van der Waals surface area contributed by atoms with Crippen molar-refractivity contribution in [3.8, 4) is 11.8 Å². The number of nitrogens with zero attached hydrogens (tertiary/aromatic N) is 4. The van der Waals surface area contributed by atoms with E-state index in [2.05, 4.69) is 10.4 Å². The normalized spacial score (nSPS) is 19.5.